The number of halogens is 2. The first-order valence-corrected chi connectivity index (χ1v) is 17.6. The maximum Gasteiger partial charge on any atom is 0.129 e. The number of hydrogen-bond acceptors (Lipinski definition) is 6. The zero-order valence-corrected chi connectivity index (χ0v) is 27.3. The molecule has 3 aliphatic heterocycles. The van der Waals surface area contributed by atoms with Crippen LogP contribution in [0.2, 0.25) is 0 Å². The van der Waals surface area contributed by atoms with Crippen molar-refractivity contribution in [3.8, 4) is 5.75 Å². The quantitative estimate of drug-likeness (QED) is 0.260. The normalized spacial score (nSPS) is 27.5. The first kappa shape index (κ1) is 32.5. The van der Waals surface area contributed by atoms with Crippen molar-refractivity contribution < 1.29 is 28.1 Å². The molecule has 5 nitrogen and oxygen atoms in total. The Morgan fingerprint density at radius 1 is 0.978 bits per heavy atom. The Kier molecular flexibility index (Phi) is 10.5. The van der Waals surface area contributed by atoms with Crippen LogP contribution in [0, 0.1) is 18.6 Å². The summed E-state index contributed by atoms with van der Waals surface area (Å²) >= 11 is 1.66. The molecular weight excluding hydrogens is 592 g/mol. The average Bonchev–Trinajstić information content (AvgIpc) is 3.52. The Morgan fingerprint density at radius 3 is 2.60 bits per heavy atom. The molecule has 6 unspecified atom stereocenters. The number of hydrogen-bond donors (Lipinski definition) is 1. The van der Waals surface area contributed by atoms with Crippen molar-refractivity contribution in [1.29, 1.82) is 0 Å². The van der Waals surface area contributed by atoms with E-state index in [-0.39, 0.29) is 29.8 Å². The first-order valence-electron chi connectivity index (χ1n) is 16.3. The van der Waals surface area contributed by atoms with E-state index in [2.05, 4.69) is 55.1 Å². The Morgan fingerprint density at radius 2 is 1.84 bits per heavy atom. The third-order valence-corrected chi connectivity index (χ3v) is 10.5. The fourth-order valence-electron chi connectivity index (χ4n) is 7.15. The molecule has 3 saturated heterocycles. The number of aryl methyl sites for hydroxylation is 2. The topological polar surface area (TPSA) is 51.2 Å². The van der Waals surface area contributed by atoms with Crippen LogP contribution in [0.1, 0.15) is 84.6 Å². The highest BCUT2D eigenvalue weighted by atomic mass is 32.2. The van der Waals surface area contributed by atoms with Crippen LogP contribution >= 0.6 is 11.8 Å². The Hall–Kier alpha value is -2.49. The van der Waals surface area contributed by atoms with Gasteiger partial charge in [-0.25, -0.2) is 8.78 Å². The van der Waals surface area contributed by atoms with E-state index < -0.39 is 17.7 Å². The Balaban J connectivity index is 1.05. The predicted octanol–water partition coefficient (Wildman–Crippen LogP) is 7.70. The highest BCUT2D eigenvalue weighted by molar-refractivity contribution is 7.99. The van der Waals surface area contributed by atoms with E-state index in [4.69, 9.17) is 14.2 Å². The molecule has 0 bridgehead atoms. The summed E-state index contributed by atoms with van der Waals surface area (Å²) in [4.78, 5) is 2.42. The molecule has 242 valence electrons. The molecule has 3 aliphatic rings. The molecule has 1 N–H and O–H groups in total. The zero-order chi connectivity index (χ0) is 31.5. The molecular formula is C37H45F2NO4S. The van der Waals surface area contributed by atoms with E-state index in [0.717, 1.165) is 61.7 Å². The van der Waals surface area contributed by atoms with E-state index in [9.17, 15) is 13.9 Å². The lowest BCUT2D eigenvalue weighted by Crippen LogP contribution is -2.41. The van der Waals surface area contributed by atoms with Crippen molar-refractivity contribution in [3.63, 3.8) is 0 Å². The molecule has 3 fully saturated rings. The average molecular weight is 638 g/mol. The molecule has 0 aliphatic carbocycles. The van der Waals surface area contributed by atoms with Crippen molar-refractivity contribution in [3.05, 3.63) is 99.6 Å². The maximum absolute atomic E-state index is 14.2. The smallest absolute Gasteiger partial charge is 0.129 e. The van der Waals surface area contributed by atoms with Crippen molar-refractivity contribution in [2.75, 3.05) is 26.0 Å². The summed E-state index contributed by atoms with van der Waals surface area (Å²) in [7, 11) is 0. The third-order valence-electron chi connectivity index (χ3n) is 9.69. The van der Waals surface area contributed by atoms with Gasteiger partial charge in [0.25, 0.3) is 0 Å². The SMILES string of the molecule is CCc1ccc(C2CC(O)CC(SC)O2)cc1Cc1ccc(OC2CCN(C3CCC(c4cc(F)ccc4F)OC3)C2)c(C)c1. The highest BCUT2D eigenvalue weighted by Gasteiger charge is 2.34. The van der Waals surface area contributed by atoms with Gasteiger partial charge in [0.05, 0.1) is 24.9 Å². The van der Waals surface area contributed by atoms with Gasteiger partial charge in [-0.15, -0.1) is 11.8 Å². The fraction of sp³-hybridized carbons (Fsp3) is 0.514. The third kappa shape index (κ3) is 7.74. The van der Waals surface area contributed by atoms with Gasteiger partial charge in [-0.2, -0.15) is 0 Å². The molecule has 0 radical (unpaired) electrons. The minimum Gasteiger partial charge on any atom is -0.489 e. The number of rotatable bonds is 9. The van der Waals surface area contributed by atoms with Gasteiger partial charge in [0.15, 0.2) is 0 Å². The van der Waals surface area contributed by atoms with Crippen LogP contribution in [0.25, 0.3) is 0 Å². The van der Waals surface area contributed by atoms with Crippen LogP contribution in [0.4, 0.5) is 8.78 Å². The van der Waals surface area contributed by atoms with E-state index in [1.165, 1.54) is 28.8 Å². The molecule has 0 aromatic heterocycles. The van der Waals surface area contributed by atoms with Gasteiger partial charge < -0.3 is 19.3 Å². The van der Waals surface area contributed by atoms with Crippen LogP contribution in [0.5, 0.6) is 5.75 Å². The Labute approximate surface area is 270 Å². The molecule has 0 amide bonds. The van der Waals surface area contributed by atoms with E-state index in [1.807, 2.05) is 6.26 Å². The van der Waals surface area contributed by atoms with Crippen molar-refractivity contribution in [2.24, 2.45) is 0 Å². The van der Waals surface area contributed by atoms with E-state index in [1.54, 1.807) is 11.8 Å². The minimum absolute atomic E-state index is 0.0243. The van der Waals surface area contributed by atoms with Crippen LogP contribution in [-0.2, 0) is 22.3 Å². The summed E-state index contributed by atoms with van der Waals surface area (Å²) in [5.41, 5.74) is 6.49. The molecule has 6 atom stereocenters. The van der Waals surface area contributed by atoms with Crippen molar-refractivity contribution >= 4 is 11.8 Å². The largest absolute Gasteiger partial charge is 0.489 e. The van der Waals surface area contributed by atoms with Gasteiger partial charge in [0.2, 0.25) is 0 Å². The second-order valence-electron chi connectivity index (χ2n) is 12.8. The van der Waals surface area contributed by atoms with Crippen molar-refractivity contribution in [2.45, 2.75) is 94.7 Å². The molecule has 45 heavy (non-hydrogen) atoms. The lowest BCUT2D eigenvalue weighted by Gasteiger charge is -2.35. The van der Waals surface area contributed by atoms with Crippen molar-refractivity contribution in [1.82, 2.24) is 4.90 Å². The van der Waals surface area contributed by atoms with Gasteiger partial charge in [-0.05, 0) is 97.4 Å². The number of likely N-dealkylation sites (tertiary alicyclic amines) is 1. The standard InChI is InChI=1S/C37H45F2NO4S/c1-4-25-6-7-26(36-19-30(41)20-37(44-36)45-3)17-27(25)16-24-5-11-34(23(2)15-24)43-31-13-14-40(21-31)29-9-12-35(42-22-29)32-18-28(38)8-10-33(32)39/h5-8,10-11,15,17-18,29-31,35-37,41H,4,9,12-14,16,19-22H2,1-3H3. The van der Waals surface area contributed by atoms with Gasteiger partial charge in [-0.1, -0.05) is 37.3 Å². The second-order valence-corrected chi connectivity index (χ2v) is 13.8. The van der Waals surface area contributed by atoms with Crippen LogP contribution in [-0.4, -0.2) is 59.6 Å². The molecule has 0 spiro atoms. The molecule has 3 heterocycles. The van der Waals surface area contributed by atoms with Crippen LogP contribution < -0.4 is 4.74 Å². The molecule has 8 heteroatoms. The number of aliphatic hydroxyl groups excluding tert-OH is 1. The predicted molar refractivity (Wildman–Crippen MR) is 175 cm³/mol. The zero-order valence-electron chi connectivity index (χ0n) is 26.5. The summed E-state index contributed by atoms with van der Waals surface area (Å²) in [5.74, 6) is 0.0780. The van der Waals surface area contributed by atoms with E-state index >= 15 is 0 Å². The van der Waals surface area contributed by atoms with Gasteiger partial charge in [-0.3, -0.25) is 4.90 Å². The molecule has 3 aromatic carbocycles. The summed E-state index contributed by atoms with van der Waals surface area (Å²) < 4.78 is 46.8. The lowest BCUT2D eigenvalue weighted by molar-refractivity contribution is -0.0605. The summed E-state index contributed by atoms with van der Waals surface area (Å²) in [6.45, 7) is 6.58. The summed E-state index contributed by atoms with van der Waals surface area (Å²) in [5, 5.41) is 10.4. The first-order chi connectivity index (χ1) is 21.8. The number of thioether (sulfide) groups is 1. The lowest BCUT2D eigenvalue weighted by atomic mass is 9.92. The Bertz CT molecular complexity index is 1460. The molecule has 3 aromatic rings. The second kappa shape index (κ2) is 14.5. The summed E-state index contributed by atoms with van der Waals surface area (Å²) in [6.07, 6.45) is 6.93. The monoisotopic (exact) mass is 637 g/mol. The number of nitrogens with zero attached hydrogens (tertiary/aromatic N) is 1. The summed E-state index contributed by atoms with van der Waals surface area (Å²) in [6, 6.07) is 17.0. The van der Waals surface area contributed by atoms with Gasteiger partial charge >= 0.3 is 0 Å². The molecule has 0 saturated carbocycles. The fourth-order valence-corrected chi connectivity index (χ4v) is 7.81. The number of ether oxygens (including phenoxy) is 3. The molecule has 6 rings (SSSR count). The number of aliphatic hydroxyl groups is 1. The number of benzene rings is 3. The van der Waals surface area contributed by atoms with Gasteiger partial charge in [0, 0.05) is 37.5 Å². The maximum atomic E-state index is 14.2. The van der Waals surface area contributed by atoms with Crippen LogP contribution in [0.15, 0.2) is 54.6 Å². The minimum atomic E-state index is -0.435. The highest BCUT2D eigenvalue weighted by Crippen LogP contribution is 2.37. The van der Waals surface area contributed by atoms with E-state index in [0.29, 0.717) is 31.4 Å². The van der Waals surface area contributed by atoms with Gasteiger partial charge in [0.1, 0.15) is 28.9 Å². The van der Waals surface area contributed by atoms with Crippen LogP contribution in [0.3, 0.4) is 0 Å².